The number of nitrogens with zero attached hydrogens (tertiary/aromatic N) is 2. The van der Waals surface area contributed by atoms with Crippen LogP contribution in [0.2, 0.25) is 0 Å². The Morgan fingerprint density at radius 3 is 2.28 bits per heavy atom. The van der Waals surface area contributed by atoms with E-state index in [4.69, 9.17) is 15.2 Å². The Bertz CT molecular complexity index is 1340. The lowest BCUT2D eigenvalue weighted by atomic mass is 9.98. The Labute approximate surface area is 209 Å². The van der Waals surface area contributed by atoms with Crippen LogP contribution >= 0.6 is 0 Å². The summed E-state index contributed by atoms with van der Waals surface area (Å²) in [7, 11) is 1.53. The van der Waals surface area contributed by atoms with E-state index in [1.54, 1.807) is 55.7 Å². The topological polar surface area (TPSA) is 104 Å². The minimum Gasteiger partial charge on any atom is -0.484 e. The molecule has 0 spiro atoms. The number of aromatic nitrogens is 1. The summed E-state index contributed by atoms with van der Waals surface area (Å²) < 4.78 is 26.5. The van der Waals surface area contributed by atoms with Crippen LogP contribution in [0.25, 0.3) is 21.9 Å². The average molecular weight is 498 g/mol. The molecule has 0 aliphatic rings. The van der Waals surface area contributed by atoms with Gasteiger partial charge in [0.05, 0.1) is 0 Å². The predicted molar refractivity (Wildman–Crippen MR) is 138 cm³/mol. The van der Waals surface area contributed by atoms with Crippen molar-refractivity contribution in [2.24, 2.45) is 11.7 Å². The molecular formula is C27H32FN3O5. The molecule has 9 heteroatoms. The lowest BCUT2D eigenvalue weighted by Crippen LogP contribution is -2.38. The van der Waals surface area contributed by atoms with Crippen LogP contribution in [-0.4, -0.2) is 35.8 Å². The van der Waals surface area contributed by atoms with Crippen LogP contribution in [-0.2, 0) is 16.1 Å². The van der Waals surface area contributed by atoms with E-state index < -0.39 is 23.4 Å². The van der Waals surface area contributed by atoms with Gasteiger partial charge in [-0.2, -0.15) is 0 Å². The van der Waals surface area contributed by atoms with Crippen molar-refractivity contribution in [2.75, 3.05) is 18.6 Å². The third-order valence-electron chi connectivity index (χ3n) is 5.26. The summed E-state index contributed by atoms with van der Waals surface area (Å²) in [5.41, 5.74) is 5.24. The molecule has 0 saturated heterocycles. The third-order valence-corrected chi connectivity index (χ3v) is 5.26. The molecule has 3 aromatic rings. The second-order valence-corrected chi connectivity index (χ2v) is 10.0. The Kier molecular flexibility index (Phi) is 7.71. The second kappa shape index (κ2) is 10.4. The van der Waals surface area contributed by atoms with E-state index in [-0.39, 0.29) is 18.1 Å². The van der Waals surface area contributed by atoms with Gasteiger partial charge in [-0.15, -0.1) is 0 Å². The van der Waals surface area contributed by atoms with Crippen molar-refractivity contribution in [1.82, 2.24) is 4.57 Å². The highest BCUT2D eigenvalue weighted by atomic mass is 19.1. The number of fused-ring (bicyclic) bond motifs is 1. The number of halogens is 1. The van der Waals surface area contributed by atoms with E-state index >= 15 is 0 Å². The predicted octanol–water partition coefficient (Wildman–Crippen LogP) is 4.70. The number of benzene rings is 2. The molecule has 0 radical (unpaired) electrons. The largest absolute Gasteiger partial charge is 0.484 e. The number of anilines is 1. The molecule has 0 aliphatic heterocycles. The van der Waals surface area contributed by atoms with Gasteiger partial charge in [0.1, 0.15) is 23.0 Å². The number of hydrogen-bond acceptors (Lipinski definition) is 5. The molecular weight excluding hydrogens is 465 g/mol. The minimum absolute atomic E-state index is 0.0742. The van der Waals surface area contributed by atoms with Gasteiger partial charge in [-0.25, -0.2) is 9.18 Å². The van der Waals surface area contributed by atoms with Gasteiger partial charge in [0.2, 0.25) is 0 Å². The van der Waals surface area contributed by atoms with Crippen LogP contribution in [0.15, 0.2) is 47.3 Å². The molecule has 8 nitrogen and oxygen atoms in total. The van der Waals surface area contributed by atoms with Crippen molar-refractivity contribution >= 4 is 28.6 Å². The first-order valence-corrected chi connectivity index (χ1v) is 11.6. The summed E-state index contributed by atoms with van der Waals surface area (Å²) in [5.74, 6) is -0.381. The van der Waals surface area contributed by atoms with E-state index in [0.717, 1.165) is 0 Å². The fraction of sp³-hybridized carbons (Fsp3) is 0.370. The van der Waals surface area contributed by atoms with Crippen LogP contribution in [0.1, 0.15) is 34.6 Å². The fourth-order valence-corrected chi connectivity index (χ4v) is 3.86. The first-order chi connectivity index (χ1) is 16.8. The monoisotopic (exact) mass is 497 g/mol. The minimum atomic E-state index is -0.767. The number of carbonyl (C=O) groups excluding carboxylic acids is 2. The van der Waals surface area contributed by atoms with Gasteiger partial charge in [0.15, 0.2) is 6.61 Å². The lowest BCUT2D eigenvalue weighted by Gasteiger charge is -2.29. The maximum atomic E-state index is 13.8. The number of hydrogen-bond donors (Lipinski definition) is 1. The number of ether oxygens (including phenoxy) is 2. The zero-order chi connectivity index (χ0) is 26.8. The first kappa shape index (κ1) is 26.7. The molecule has 0 fully saturated rings. The molecule has 0 aliphatic carbocycles. The Hall–Kier alpha value is -3.88. The lowest BCUT2D eigenvalue weighted by molar-refractivity contribution is -0.119. The molecule has 2 aromatic carbocycles. The van der Waals surface area contributed by atoms with E-state index in [1.165, 1.54) is 24.1 Å². The molecule has 0 saturated carbocycles. The number of pyridine rings is 1. The van der Waals surface area contributed by atoms with Crippen LogP contribution in [0.3, 0.4) is 0 Å². The van der Waals surface area contributed by atoms with Gasteiger partial charge in [-0.05, 0) is 62.6 Å². The summed E-state index contributed by atoms with van der Waals surface area (Å²) in [6.45, 7) is 9.17. The van der Waals surface area contributed by atoms with Gasteiger partial charge < -0.3 is 15.2 Å². The highest BCUT2D eigenvalue weighted by Crippen LogP contribution is 2.38. The van der Waals surface area contributed by atoms with Gasteiger partial charge in [0.25, 0.3) is 11.5 Å². The van der Waals surface area contributed by atoms with E-state index in [2.05, 4.69) is 0 Å². The summed E-state index contributed by atoms with van der Waals surface area (Å²) in [6, 6.07) is 10.6. The highest BCUT2D eigenvalue weighted by molar-refractivity contribution is 6.05. The molecule has 36 heavy (non-hydrogen) atoms. The molecule has 2 amide bonds. The van der Waals surface area contributed by atoms with E-state index in [9.17, 15) is 18.8 Å². The van der Waals surface area contributed by atoms with Crippen molar-refractivity contribution in [1.29, 1.82) is 0 Å². The summed E-state index contributed by atoms with van der Waals surface area (Å²) in [4.78, 5) is 39.4. The SMILES string of the molecule is CC(C)Cn1c(N(C)C(=O)OC(C)(C)C)c(-c2ccc(F)cc2)c2cc(OCC(N)=O)ccc2c1=O. The zero-order valence-corrected chi connectivity index (χ0v) is 21.4. The number of primary amides is 1. The number of nitrogens with two attached hydrogens (primary N) is 1. The van der Waals surface area contributed by atoms with Crippen LogP contribution in [0.5, 0.6) is 5.75 Å². The van der Waals surface area contributed by atoms with Gasteiger partial charge in [0, 0.05) is 29.9 Å². The Balaban J connectivity index is 2.42. The third kappa shape index (κ3) is 6.02. The van der Waals surface area contributed by atoms with E-state index in [0.29, 0.717) is 40.0 Å². The quantitative estimate of drug-likeness (QED) is 0.510. The Morgan fingerprint density at radius 1 is 1.08 bits per heavy atom. The second-order valence-electron chi connectivity index (χ2n) is 10.0. The van der Waals surface area contributed by atoms with Crippen LogP contribution < -0.4 is 20.9 Å². The van der Waals surface area contributed by atoms with Crippen molar-refractivity contribution in [3.05, 3.63) is 58.6 Å². The highest BCUT2D eigenvalue weighted by Gasteiger charge is 2.28. The molecule has 1 aromatic heterocycles. The summed E-state index contributed by atoms with van der Waals surface area (Å²) in [6.07, 6.45) is -0.650. The first-order valence-electron chi connectivity index (χ1n) is 11.6. The standard InChI is InChI=1S/C27H32FN3O5/c1-16(2)14-31-24(30(6)26(34)36-27(3,4)5)23(17-7-9-18(28)10-8-17)21-13-19(35-15-22(29)32)11-12-20(21)25(31)33/h7-13,16H,14-15H2,1-6H3,(H2,29,32). The van der Waals surface area contributed by atoms with E-state index in [1.807, 2.05) is 13.8 Å². The Morgan fingerprint density at radius 2 is 1.72 bits per heavy atom. The number of carbonyl (C=O) groups is 2. The van der Waals surface area contributed by atoms with Crippen LogP contribution in [0.4, 0.5) is 15.0 Å². The number of amides is 2. The van der Waals surface area contributed by atoms with Gasteiger partial charge in [-0.3, -0.25) is 19.1 Å². The van der Waals surface area contributed by atoms with Crippen molar-refractivity contribution in [3.8, 4) is 16.9 Å². The summed E-state index contributed by atoms with van der Waals surface area (Å²) >= 11 is 0. The molecule has 192 valence electrons. The maximum Gasteiger partial charge on any atom is 0.415 e. The zero-order valence-electron chi connectivity index (χ0n) is 21.4. The number of rotatable bonds is 7. The van der Waals surface area contributed by atoms with Crippen molar-refractivity contribution in [2.45, 2.75) is 46.8 Å². The molecule has 0 atom stereocenters. The molecule has 2 N–H and O–H groups in total. The smallest absolute Gasteiger partial charge is 0.415 e. The van der Waals surface area contributed by atoms with Gasteiger partial charge in [-0.1, -0.05) is 26.0 Å². The van der Waals surface area contributed by atoms with Crippen molar-refractivity contribution in [3.63, 3.8) is 0 Å². The molecule has 1 heterocycles. The van der Waals surface area contributed by atoms with Crippen LogP contribution in [0, 0.1) is 11.7 Å². The molecule has 0 bridgehead atoms. The van der Waals surface area contributed by atoms with Gasteiger partial charge >= 0.3 is 6.09 Å². The fourth-order valence-electron chi connectivity index (χ4n) is 3.86. The average Bonchev–Trinajstić information content (AvgIpc) is 2.78. The maximum absolute atomic E-state index is 13.8. The molecule has 3 rings (SSSR count). The normalized spacial score (nSPS) is 11.6. The van der Waals surface area contributed by atoms with Crippen molar-refractivity contribution < 1.29 is 23.5 Å². The summed E-state index contributed by atoms with van der Waals surface area (Å²) in [5, 5.41) is 0.849. The molecule has 0 unspecified atom stereocenters.